The number of hydrogen-bond acceptors (Lipinski definition) is 15. The number of epoxide rings is 2. The quantitative estimate of drug-likeness (QED) is 0.236. The molecule has 15 heteroatoms. The summed E-state index contributed by atoms with van der Waals surface area (Å²) in [5.74, 6) is -11.8. The van der Waals surface area contributed by atoms with Crippen molar-refractivity contribution < 1.29 is 71.8 Å². The molecule has 0 spiro atoms. The molecule has 3 aliphatic heterocycles. The van der Waals surface area contributed by atoms with Crippen molar-refractivity contribution in [2.75, 3.05) is 0 Å². The molecule has 0 aromatic carbocycles. The van der Waals surface area contributed by atoms with E-state index >= 15 is 0 Å². The highest BCUT2D eigenvalue weighted by Gasteiger charge is 2.88. The van der Waals surface area contributed by atoms with Gasteiger partial charge < -0.3 is 38.3 Å². The van der Waals surface area contributed by atoms with Crippen LogP contribution in [0.4, 0.5) is 0 Å². The second-order valence-electron chi connectivity index (χ2n) is 16.5. The van der Waals surface area contributed by atoms with Crippen LogP contribution in [0.1, 0.15) is 61.8 Å². The van der Waals surface area contributed by atoms with Gasteiger partial charge in [-0.2, -0.15) is 0 Å². The van der Waals surface area contributed by atoms with Gasteiger partial charge in [0.2, 0.25) is 0 Å². The highest BCUT2D eigenvalue weighted by atomic mass is 16.6. The van der Waals surface area contributed by atoms with Gasteiger partial charge in [0.1, 0.15) is 42.2 Å². The molecule has 1 N–H and O–H groups in total. The molecule has 8 rings (SSSR count). The second kappa shape index (κ2) is 10.1. The topological polar surface area (TPSA) is 211 Å². The zero-order valence-corrected chi connectivity index (χ0v) is 29.0. The van der Waals surface area contributed by atoms with Crippen LogP contribution in [0.25, 0.3) is 0 Å². The summed E-state index contributed by atoms with van der Waals surface area (Å²) >= 11 is 0. The Hall–Kier alpha value is -3.43. The molecule has 0 amide bonds. The maximum absolute atomic E-state index is 14.9. The van der Waals surface area contributed by atoms with E-state index in [1.165, 1.54) is 27.7 Å². The molecule has 272 valence electrons. The van der Waals surface area contributed by atoms with Crippen molar-refractivity contribution in [1.29, 1.82) is 0 Å². The highest BCUT2D eigenvalue weighted by Crippen LogP contribution is 2.77. The third-order valence-corrected chi connectivity index (χ3v) is 13.9. The van der Waals surface area contributed by atoms with Gasteiger partial charge in [-0.15, -0.1) is 0 Å². The summed E-state index contributed by atoms with van der Waals surface area (Å²) in [5.41, 5.74) is -6.14. The smallest absolute Gasteiger partial charge is 0.338 e. The molecule has 8 fully saturated rings. The summed E-state index contributed by atoms with van der Waals surface area (Å²) in [6, 6.07) is 0. The van der Waals surface area contributed by atoms with Crippen LogP contribution in [0.15, 0.2) is 0 Å². The van der Waals surface area contributed by atoms with Gasteiger partial charge in [-0.1, -0.05) is 13.8 Å². The molecule has 8 aliphatic rings. The first-order chi connectivity index (χ1) is 23.2. The van der Waals surface area contributed by atoms with E-state index in [9.17, 15) is 38.7 Å². The minimum Gasteiger partial charge on any atom is -0.460 e. The summed E-state index contributed by atoms with van der Waals surface area (Å²) in [4.78, 5) is 94.3. The highest BCUT2D eigenvalue weighted by molar-refractivity contribution is 5.98. The van der Waals surface area contributed by atoms with Crippen molar-refractivity contribution in [3.8, 4) is 0 Å². The standard InChI is InChI=1S/C35H42O15/c1-10(36)44-25-16-19-24-17-18(34(7,43)31(42)49-24)22(41)28-35(8,50-28)27(17)33(19,6)30(47-13(4)39)26(45-11(2)37)20(16)32(5)14(21(25)40)9-15-23(48-15)29(32)46-12(3)38/h14-20,23-30,43H,9H2,1-8H3/t14-,15+,16+,17-,18?,19-,20-,23+,24+,25-,26+,27+,28?,29+,30+,32+,33+,34+,35?/m1/s1. The minimum absolute atomic E-state index is 0.197. The predicted octanol–water partition coefficient (Wildman–Crippen LogP) is 0.237. The van der Waals surface area contributed by atoms with Crippen LogP contribution in [0, 0.1) is 52.3 Å². The SMILES string of the molecule is CC(=O)O[C@H]1[C@H]2[C@H]([C@@H]3[C@H]4OC(=O)[C@@](C)(O)C5C(=O)C6OC6(C)[C@@H]([C@H]54)[C@@]3(C)[C@H]1OC(C)=O)[C@@H](OC(C)=O)C(=O)[C@H]1C[C@@H]3O[C@@H]3[C@H](OC(C)=O)[C@]21C. The molecular weight excluding hydrogens is 660 g/mol. The zero-order chi connectivity index (χ0) is 36.4. The van der Waals surface area contributed by atoms with Gasteiger partial charge in [0.05, 0.1) is 12.0 Å². The van der Waals surface area contributed by atoms with Gasteiger partial charge in [0.15, 0.2) is 23.3 Å². The Morgan fingerprint density at radius 1 is 0.740 bits per heavy atom. The number of carbonyl (C=O) groups excluding carboxylic acids is 7. The Bertz CT molecular complexity index is 1650. The number of carbonyl (C=O) groups is 7. The largest absolute Gasteiger partial charge is 0.460 e. The van der Waals surface area contributed by atoms with Gasteiger partial charge in [0, 0.05) is 74.0 Å². The number of Topliss-reactive ketones (excluding diaryl/α,β-unsaturated/α-hetero) is 2. The maximum atomic E-state index is 14.9. The van der Waals surface area contributed by atoms with Crippen LogP contribution < -0.4 is 0 Å². The Balaban J connectivity index is 1.43. The first-order valence-electron chi connectivity index (χ1n) is 17.2. The molecule has 15 nitrogen and oxygen atoms in total. The zero-order valence-electron chi connectivity index (χ0n) is 29.0. The number of rotatable bonds is 4. The van der Waals surface area contributed by atoms with Gasteiger partial charge in [-0.3, -0.25) is 28.8 Å². The van der Waals surface area contributed by atoms with Crippen LogP contribution >= 0.6 is 0 Å². The van der Waals surface area contributed by atoms with Crippen molar-refractivity contribution in [3.63, 3.8) is 0 Å². The lowest BCUT2D eigenvalue weighted by molar-refractivity contribution is -0.275. The van der Waals surface area contributed by atoms with Crippen molar-refractivity contribution in [3.05, 3.63) is 0 Å². The average Bonchev–Trinajstić information content (AvgIpc) is 3.89. The van der Waals surface area contributed by atoms with Crippen molar-refractivity contribution >= 4 is 41.4 Å². The van der Waals surface area contributed by atoms with Gasteiger partial charge in [0.25, 0.3) is 0 Å². The van der Waals surface area contributed by atoms with E-state index in [-0.39, 0.29) is 6.42 Å². The number of fused-ring (bicyclic) bond motifs is 10. The Labute approximate surface area is 287 Å². The molecule has 3 unspecified atom stereocenters. The molecule has 0 radical (unpaired) electrons. The number of ketones is 2. The van der Waals surface area contributed by atoms with E-state index in [2.05, 4.69) is 0 Å². The van der Waals surface area contributed by atoms with E-state index in [4.69, 9.17) is 33.2 Å². The number of ether oxygens (including phenoxy) is 7. The monoisotopic (exact) mass is 702 g/mol. The Morgan fingerprint density at radius 3 is 1.94 bits per heavy atom. The fourth-order valence-corrected chi connectivity index (χ4v) is 12.5. The summed E-state index contributed by atoms with van der Waals surface area (Å²) in [6.07, 6.45) is -8.08. The fraction of sp³-hybridized carbons (Fsp3) is 0.800. The third kappa shape index (κ3) is 3.99. The fourth-order valence-electron chi connectivity index (χ4n) is 12.5. The molecule has 50 heavy (non-hydrogen) atoms. The predicted molar refractivity (Wildman–Crippen MR) is 160 cm³/mol. The van der Waals surface area contributed by atoms with E-state index in [1.54, 1.807) is 20.8 Å². The van der Waals surface area contributed by atoms with Crippen LogP contribution in [-0.4, -0.2) is 107 Å². The van der Waals surface area contributed by atoms with E-state index in [1.807, 2.05) is 0 Å². The third-order valence-electron chi connectivity index (χ3n) is 13.9. The summed E-state index contributed by atoms with van der Waals surface area (Å²) in [5, 5.41) is 11.6. The van der Waals surface area contributed by atoms with Crippen LogP contribution in [-0.2, 0) is 66.7 Å². The number of esters is 5. The van der Waals surface area contributed by atoms with Crippen molar-refractivity contribution in [1.82, 2.24) is 0 Å². The molecule has 0 aromatic rings. The van der Waals surface area contributed by atoms with E-state index in [0.29, 0.717) is 0 Å². The molecule has 3 saturated heterocycles. The van der Waals surface area contributed by atoms with E-state index < -0.39 is 154 Å². The molecule has 3 heterocycles. The lowest BCUT2D eigenvalue weighted by atomic mass is 9.41. The molecule has 0 aromatic heterocycles. The van der Waals surface area contributed by atoms with Crippen LogP contribution in [0.5, 0.6) is 0 Å². The van der Waals surface area contributed by atoms with Crippen LogP contribution in [0.2, 0.25) is 0 Å². The number of aliphatic hydroxyl groups is 1. The second-order valence-corrected chi connectivity index (χ2v) is 16.5. The van der Waals surface area contributed by atoms with Crippen molar-refractivity contribution in [2.45, 2.75) is 122 Å². The maximum Gasteiger partial charge on any atom is 0.338 e. The Morgan fingerprint density at radius 2 is 1.34 bits per heavy atom. The van der Waals surface area contributed by atoms with Gasteiger partial charge in [-0.05, 0) is 20.3 Å². The van der Waals surface area contributed by atoms with E-state index in [0.717, 1.165) is 6.92 Å². The lowest BCUT2D eigenvalue weighted by Crippen LogP contribution is -2.75. The molecule has 0 bridgehead atoms. The number of hydrogen-bond donors (Lipinski definition) is 1. The summed E-state index contributed by atoms with van der Waals surface area (Å²) in [7, 11) is 0. The minimum atomic E-state index is -2.24. The first-order valence-corrected chi connectivity index (χ1v) is 17.2. The summed E-state index contributed by atoms with van der Waals surface area (Å²) < 4.78 is 42.5. The van der Waals surface area contributed by atoms with Crippen LogP contribution in [0.3, 0.4) is 0 Å². The lowest BCUT2D eigenvalue weighted by Gasteiger charge is -2.65. The normalized spacial score (nSPS) is 54.6. The van der Waals surface area contributed by atoms with Crippen molar-refractivity contribution in [2.24, 2.45) is 52.3 Å². The Kier molecular flexibility index (Phi) is 6.82. The van der Waals surface area contributed by atoms with Gasteiger partial charge >= 0.3 is 29.8 Å². The molecule has 5 saturated carbocycles. The average molecular weight is 703 g/mol. The first kappa shape index (κ1) is 33.7. The van der Waals surface area contributed by atoms with Gasteiger partial charge in [-0.25, -0.2) is 4.79 Å². The molecule has 5 aliphatic carbocycles. The summed E-state index contributed by atoms with van der Waals surface area (Å²) in [6.45, 7) is 11.3. The molecular formula is C35H42O15. The molecule has 19 atom stereocenters.